The normalized spacial score (nSPS) is 47.1. The Hall–Kier alpha value is -1.49. The topological polar surface area (TPSA) is 49.8 Å². The lowest BCUT2D eigenvalue weighted by Crippen LogP contribution is -2.54. The van der Waals surface area contributed by atoms with Crippen molar-refractivity contribution in [3.8, 4) is 24.7 Å². The Morgan fingerprint density at radius 3 is 2.38 bits per heavy atom. The van der Waals surface area contributed by atoms with Crippen molar-refractivity contribution in [1.29, 1.82) is 0 Å². The highest BCUT2D eigenvalue weighted by molar-refractivity contribution is 5.72. The molecule has 0 saturated heterocycles. The summed E-state index contributed by atoms with van der Waals surface area (Å²) in [7, 11) is 0. The minimum Gasteiger partial charge on any atom is -0.445 e. The third-order valence-corrected chi connectivity index (χ3v) is 10.5. The molecular weight excluding hydrogens is 398 g/mol. The maximum absolute atomic E-state index is 12.8. The Bertz CT molecular complexity index is 837. The summed E-state index contributed by atoms with van der Waals surface area (Å²) in [6.07, 6.45) is 19.5. The lowest BCUT2D eigenvalue weighted by atomic mass is 9.47. The van der Waals surface area contributed by atoms with Gasteiger partial charge in [0.15, 0.2) is 5.60 Å². The molecule has 4 aliphatic carbocycles. The number of esters is 1. The van der Waals surface area contributed by atoms with Crippen molar-refractivity contribution in [1.82, 2.24) is 4.90 Å². The molecule has 0 aromatic rings. The number of fused-ring (bicyclic) bond motifs is 5. The van der Waals surface area contributed by atoms with Gasteiger partial charge in [0.2, 0.25) is 0 Å². The van der Waals surface area contributed by atoms with Gasteiger partial charge in [-0.1, -0.05) is 39.5 Å². The van der Waals surface area contributed by atoms with Gasteiger partial charge < -0.3 is 9.84 Å². The fourth-order valence-corrected chi connectivity index (χ4v) is 8.58. The molecule has 0 aliphatic heterocycles. The van der Waals surface area contributed by atoms with Gasteiger partial charge >= 0.3 is 5.97 Å². The van der Waals surface area contributed by atoms with E-state index in [1.807, 2.05) is 0 Å². The summed E-state index contributed by atoms with van der Waals surface area (Å²) in [5, 5.41) is 11.2. The SMILES string of the molecule is C#CC1(O)CCC2C3CCC4C[C@@](C#C)(OC(=O)CN(CC)CC)C[C@]4(C)[C@H]3CCC21C. The Kier molecular flexibility index (Phi) is 5.97. The van der Waals surface area contributed by atoms with E-state index < -0.39 is 11.2 Å². The van der Waals surface area contributed by atoms with Crippen molar-refractivity contribution < 1.29 is 14.6 Å². The second-order valence-electron chi connectivity index (χ2n) is 11.6. The zero-order valence-electron chi connectivity index (χ0n) is 20.5. The van der Waals surface area contributed by atoms with Gasteiger partial charge in [-0.05, 0) is 80.7 Å². The smallest absolute Gasteiger partial charge is 0.321 e. The highest BCUT2D eigenvalue weighted by Gasteiger charge is 2.67. The molecule has 0 bridgehead atoms. The maximum atomic E-state index is 12.8. The third-order valence-electron chi connectivity index (χ3n) is 10.5. The van der Waals surface area contributed by atoms with Crippen LogP contribution in [0.15, 0.2) is 0 Å². The van der Waals surface area contributed by atoms with E-state index in [9.17, 15) is 9.90 Å². The largest absolute Gasteiger partial charge is 0.445 e. The summed E-state index contributed by atoms with van der Waals surface area (Å²) < 4.78 is 6.09. The van der Waals surface area contributed by atoms with Gasteiger partial charge in [0.1, 0.15) is 5.60 Å². The van der Waals surface area contributed by atoms with Gasteiger partial charge in [0.25, 0.3) is 0 Å². The van der Waals surface area contributed by atoms with Crippen LogP contribution in [0.4, 0.5) is 0 Å². The first-order valence-electron chi connectivity index (χ1n) is 12.7. The van der Waals surface area contributed by atoms with Crippen LogP contribution in [0.2, 0.25) is 0 Å². The van der Waals surface area contributed by atoms with Crippen molar-refractivity contribution in [2.75, 3.05) is 19.6 Å². The van der Waals surface area contributed by atoms with Crippen molar-refractivity contribution in [2.24, 2.45) is 34.5 Å². The van der Waals surface area contributed by atoms with Crippen LogP contribution < -0.4 is 0 Å². The number of ether oxygens (including phenoxy) is 1. The first-order chi connectivity index (χ1) is 15.1. The molecule has 8 atom stereocenters. The van der Waals surface area contributed by atoms with E-state index in [1.54, 1.807) is 0 Å². The van der Waals surface area contributed by atoms with Crippen molar-refractivity contribution in [2.45, 2.75) is 90.3 Å². The Morgan fingerprint density at radius 1 is 1.06 bits per heavy atom. The van der Waals surface area contributed by atoms with Gasteiger partial charge in [-0.2, -0.15) is 0 Å². The van der Waals surface area contributed by atoms with Gasteiger partial charge in [-0.3, -0.25) is 9.69 Å². The number of carbonyl (C=O) groups excluding carboxylic acids is 1. The van der Waals surface area contributed by atoms with Gasteiger partial charge in [0, 0.05) is 18.3 Å². The molecule has 4 fully saturated rings. The lowest BCUT2D eigenvalue weighted by Gasteiger charge is -2.58. The van der Waals surface area contributed by atoms with E-state index in [2.05, 4.69) is 44.4 Å². The Balaban J connectivity index is 1.55. The number of hydrogen-bond acceptors (Lipinski definition) is 4. The molecule has 0 heterocycles. The molecule has 1 N–H and O–H groups in total. The second-order valence-corrected chi connectivity index (χ2v) is 11.6. The number of carbonyl (C=O) groups is 1. The third kappa shape index (κ3) is 3.33. The average Bonchev–Trinajstić information content (AvgIpc) is 3.23. The summed E-state index contributed by atoms with van der Waals surface area (Å²) in [5.74, 6) is 7.58. The van der Waals surface area contributed by atoms with Crippen molar-refractivity contribution in [3.63, 3.8) is 0 Å². The van der Waals surface area contributed by atoms with Crippen LogP contribution in [0.25, 0.3) is 0 Å². The predicted molar refractivity (Wildman–Crippen MR) is 126 cm³/mol. The Morgan fingerprint density at radius 2 is 1.75 bits per heavy atom. The molecular formula is C28H41NO3. The number of rotatable bonds is 5. The van der Waals surface area contributed by atoms with Crippen LogP contribution in [0.5, 0.6) is 0 Å². The standard InChI is InChI=1S/C28H41NO3/c1-7-27(32-24(30)18-29(9-3)10-4)17-20-11-12-21-22(25(20,5)19-27)13-15-26(6)23(21)14-16-28(26,31)8-2/h1-2,20-23,31H,9-19H2,3-6H3/t20?,21?,22-,23?,25-,26?,27+,28?/m0/s1. The molecule has 4 aliphatic rings. The minimum absolute atomic E-state index is 0.0724. The van der Waals surface area contributed by atoms with Crippen LogP contribution in [-0.2, 0) is 9.53 Å². The van der Waals surface area contributed by atoms with E-state index >= 15 is 0 Å². The van der Waals surface area contributed by atoms with Crippen LogP contribution in [-0.4, -0.2) is 46.8 Å². The first-order valence-corrected chi connectivity index (χ1v) is 12.7. The number of nitrogens with zero attached hydrogens (tertiary/aromatic N) is 1. The van der Waals surface area contributed by atoms with Crippen LogP contribution in [0, 0.1) is 59.2 Å². The van der Waals surface area contributed by atoms with Crippen LogP contribution >= 0.6 is 0 Å². The van der Waals surface area contributed by atoms with Crippen LogP contribution in [0.3, 0.4) is 0 Å². The molecule has 0 aromatic heterocycles. The molecule has 4 heteroatoms. The lowest BCUT2D eigenvalue weighted by molar-refractivity contribution is -0.156. The predicted octanol–water partition coefficient (Wildman–Crippen LogP) is 4.26. The maximum Gasteiger partial charge on any atom is 0.321 e. The molecule has 0 spiro atoms. The van der Waals surface area contributed by atoms with Gasteiger partial charge in [0.05, 0.1) is 6.54 Å². The molecule has 176 valence electrons. The summed E-state index contributed by atoms with van der Waals surface area (Å²) in [6, 6.07) is 0. The summed E-state index contributed by atoms with van der Waals surface area (Å²) in [6.45, 7) is 10.7. The molecule has 0 radical (unpaired) electrons. The highest BCUT2D eigenvalue weighted by Crippen LogP contribution is 2.70. The molecule has 0 aromatic carbocycles. The molecule has 32 heavy (non-hydrogen) atoms. The van der Waals surface area contributed by atoms with E-state index in [4.69, 9.17) is 17.6 Å². The molecule has 4 saturated carbocycles. The molecule has 0 amide bonds. The fourth-order valence-electron chi connectivity index (χ4n) is 8.58. The first kappa shape index (κ1) is 23.7. The number of likely N-dealkylation sites (N-methyl/N-ethyl adjacent to an activating group) is 1. The number of aliphatic hydroxyl groups is 1. The fraction of sp³-hybridized carbons (Fsp3) is 0.821. The highest BCUT2D eigenvalue weighted by atomic mass is 16.6. The monoisotopic (exact) mass is 439 g/mol. The zero-order chi connectivity index (χ0) is 23.4. The van der Waals surface area contributed by atoms with E-state index in [-0.39, 0.29) is 16.8 Å². The Labute approximate surface area is 194 Å². The van der Waals surface area contributed by atoms with Crippen LogP contribution in [0.1, 0.15) is 79.1 Å². The average molecular weight is 440 g/mol. The molecule has 4 rings (SSSR count). The van der Waals surface area contributed by atoms with Gasteiger partial charge in [-0.15, -0.1) is 12.8 Å². The van der Waals surface area contributed by atoms with Gasteiger partial charge in [-0.25, -0.2) is 0 Å². The number of hydrogen-bond donors (Lipinski definition) is 1. The minimum atomic E-state index is -0.974. The van der Waals surface area contributed by atoms with Crippen molar-refractivity contribution in [3.05, 3.63) is 0 Å². The van der Waals surface area contributed by atoms with E-state index in [0.29, 0.717) is 36.6 Å². The van der Waals surface area contributed by atoms with E-state index in [0.717, 1.165) is 51.6 Å². The summed E-state index contributed by atoms with van der Waals surface area (Å²) >= 11 is 0. The second kappa shape index (κ2) is 8.07. The van der Waals surface area contributed by atoms with E-state index in [1.165, 1.54) is 6.42 Å². The van der Waals surface area contributed by atoms with Crippen molar-refractivity contribution >= 4 is 5.97 Å². The molecule has 5 unspecified atom stereocenters. The molecule has 4 nitrogen and oxygen atoms in total. The number of terminal acetylenes is 2. The zero-order valence-corrected chi connectivity index (χ0v) is 20.5. The summed E-state index contributed by atoms with van der Waals surface area (Å²) in [4.78, 5) is 14.8. The summed E-state index contributed by atoms with van der Waals surface area (Å²) in [5.41, 5.74) is -1.87. The quantitative estimate of drug-likeness (QED) is 0.514.